The van der Waals surface area contributed by atoms with E-state index in [4.69, 9.17) is 27.9 Å². The molecule has 0 atom stereocenters. The number of benzene rings is 1. The van der Waals surface area contributed by atoms with Crippen molar-refractivity contribution >= 4 is 29.0 Å². The standard InChI is InChI=1S/C16H17Cl2NO2/c1-4-19-10(2)5-15(11(19)3)16(20)9-21-14-7-12(17)6-13(18)8-14/h5-8H,4,9H2,1-3H3. The summed E-state index contributed by atoms with van der Waals surface area (Å²) in [7, 11) is 0. The van der Waals surface area contributed by atoms with Crippen molar-refractivity contribution in [2.45, 2.75) is 27.3 Å². The molecule has 0 amide bonds. The van der Waals surface area contributed by atoms with Gasteiger partial charge in [0.2, 0.25) is 5.78 Å². The summed E-state index contributed by atoms with van der Waals surface area (Å²) in [6.45, 7) is 6.80. The van der Waals surface area contributed by atoms with Crippen LogP contribution in [0.1, 0.15) is 28.7 Å². The number of ether oxygens (including phenoxy) is 1. The lowest BCUT2D eigenvalue weighted by Gasteiger charge is -2.08. The van der Waals surface area contributed by atoms with Crippen molar-refractivity contribution in [2.24, 2.45) is 0 Å². The number of halogens is 2. The molecule has 1 aromatic carbocycles. The van der Waals surface area contributed by atoms with Crippen LogP contribution in [0.25, 0.3) is 0 Å². The van der Waals surface area contributed by atoms with Gasteiger partial charge in [-0.15, -0.1) is 0 Å². The molecule has 0 bridgehead atoms. The zero-order valence-corrected chi connectivity index (χ0v) is 13.8. The Kier molecular flexibility index (Phi) is 4.96. The maximum absolute atomic E-state index is 12.3. The molecule has 21 heavy (non-hydrogen) atoms. The fourth-order valence-electron chi connectivity index (χ4n) is 2.41. The summed E-state index contributed by atoms with van der Waals surface area (Å²) in [5.74, 6) is 0.434. The quantitative estimate of drug-likeness (QED) is 0.746. The Morgan fingerprint density at radius 2 is 1.76 bits per heavy atom. The Labute approximate surface area is 134 Å². The van der Waals surface area contributed by atoms with Crippen LogP contribution in [0.4, 0.5) is 0 Å². The maximum atomic E-state index is 12.3. The molecule has 0 aliphatic heterocycles. The molecule has 0 unspecified atom stereocenters. The fourth-order valence-corrected chi connectivity index (χ4v) is 2.91. The van der Waals surface area contributed by atoms with Crippen molar-refractivity contribution < 1.29 is 9.53 Å². The summed E-state index contributed by atoms with van der Waals surface area (Å²) in [5.41, 5.74) is 2.74. The monoisotopic (exact) mass is 325 g/mol. The van der Waals surface area contributed by atoms with Crippen molar-refractivity contribution in [3.63, 3.8) is 0 Å². The average Bonchev–Trinajstić information content (AvgIpc) is 2.70. The van der Waals surface area contributed by atoms with Gasteiger partial charge in [-0.05, 0) is 45.0 Å². The zero-order valence-electron chi connectivity index (χ0n) is 12.2. The van der Waals surface area contributed by atoms with Gasteiger partial charge in [0.05, 0.1) is 0 Å². The third-order valence-electron chi connectivity index (χ3n) is 3.40. The highest BCUT2D eigenvalue weighted by molar-refractivity contribution is 6.34. The first kappa shape index (κ1) is 15.9. The highest BCUT2D eigenvalue weighted by Crippen LogP contribution is 2.24. The maximum Gasteiger partial charge on any atom is 0.202 e. The van der Waals surface area contributed by atoms with Gasteiger partial charge in [0, 0.05) is 33.5 Å². The second-order valence-electron chi connectivity index (χ2n) is 4.85. The number of carbonyl (C=O) groups excluding carboxylic acids is 1. The number of nitrogens with zero attached hydrogens (tertiary/aromatic N) is 1. The van der Waals surface area contributed by atoms with Crippen molar-refractivity contribution in [3.8, 4) is 5.75 Å². The first-order valence-electron chi connectivity index (χ1n) is 6.71. The summed E-state index contributed by atoms with van der Waals surface area (Å²) < 4.78 is 7.59. The van der Waals surface area contributed by atoms with Gasteiger partial charge in [0.1, 0.15) is 5.75 Å². The van der Waals surface area contributed by atoms with Crippen LogP contribution in [0.2, 0.25) is 10.0 Å². The molecule has 2 rings (SSSR count). The van der Waals surface area contributed by atoms with E-state index < -0.39 is 0 Å². The number of hydrogen-bond acceptors (Lipinski definition) is 2. The van der Waals surface area contributed by atoms with Crippen LogP contribution in [0.5, 0.6) is 5.75 Å². The predicted octanol–water partition coefficient (Wildman–Crippen LogP) is 4.69. The Morgan fingerprint density at radius 1 is 1.14 bits per heavy atom. The van der Waals surface area contributed by atoms with E-state index in [0.29, 0.717) is 21.4 Å². The SMILES string of the molecule is CCn1c(C)cc(C(=O)COc2cc(Cl)cc(Cl)c2)c1C. The van der Waals surface area contributed by atoms with E-state index in [1.807, 2.05) is 19.9 Å². The second kappa shape index (κ2) is 6.54. The minimum Gasteiger partial charge on any atom is -0.485 e. The van der Waals surface area contributed by atoms with Gasteiger partial charge in [-0.1, -0.05) is 23.2 Å². The summed E-state index contributed by atoms with van der Waals surface area (Å²) in [6.07, 6.45) is 0. The number of hydrogen-bond donors (Lipinski definition) is 0. The van der Waals surface area contributed by atoms with Crippen LogP contribution in [0, 0.1) is 13.8 Å². The Bertz CT molecular complexity index is 657. The number of aryl methyl sites for hydroxylation is 1. The zero-order chi connectivity index (χ0) is 15.6. The fraction of sp³-hybridized carbons (Fsp3) is 0.312. The molecule has 0 radical (unpaired) electrons. The smallest absolute Gasteiger partial charge is 0.202 e. The lowest BCUT2D eigenvalue weighted by Crippen LogP contribution is -2.12. The number of aromatic nitrogens is 1. The van der Waals surface area contributed by atoms with Gasteiger partial charge < -0.3 is 9.30 Å². The molecule has 1 aromatic heterocycles. The van der Waals surface area contributed by atoms with E-state index in [-0.39, 0.29) is 12.4 Å². The molecular formula is C16H17Cl2NO2. The molecule has 0 aliphatic rings. The number of carbonyl (C=O) groups is 1. The van der Waals surface area contributed by atoms with Crippen LogP contribution in [0.15, 0.2) is 24.3 Å². The van der Waals surface area contributed by atoms with Crippen molar-refractivity contribution in [1.29, 1.82) is 0 Å². The summed E-state index contributed by atoms with van der Waals surface area (Å²) >= 11 is 11.8. The van der Waals surface area contributed by atoms with Gasteiger partial charge >= 0.3 is 0 Å². The molecule has 112 valence electrons. The first-order chi connectivity index (χ1) is 9.92. The molecule has 0 saturated heterocycles. The molecule has 0 aliphatic carbocycles. The highest BCUT2D eigenvalue weighted by atomic mass is 35.5. The van der Waals surface area contributed by atoms with Gasteiger partial charge in [-0.3, -0.25) is 4.79 Å². The second-order valence-corrected chi connectivity index (χ2v) is 5.72. The molecule has 0 N–H and O–H groups in total. The molecule has 1 heterocycles. The topological polar surface area (TPSA) is 31.2 Å². The number of rotatable bonds is 5. The van der Waals surface area contributed by atoms with Crippen LogP contribution >= 0.6 is 23.2 Å². The van der Waals surface area contributed by atoms with Gasteiger partial charge in [-0.25, -0.2) is 0 Å². The lowest BCUT2D eigenvalue weighted by atomic mass is 10.1. The largest absolute Gasteiger partial charge is 0.485 e. The van der Waals surface area contributed by atoms with Crippen molar-refractivity contribution in [1.82, 2.24) is 4.57 Å². The Hall–Kier alpha value is -1.45. The van der Waals surface area contributed by atoms with E-state index in [0.717, 1.165) is 17.9 Å². The first-order valence-corrected chi connectivity index (χ1v) is 7.46. The lowest BCUT2D eigenvalue weighted by molar-refractivity contribution is 0.0921. The van der Waals surface area contributed by atoms with Gasteiger partial charge in [0.25, 0.3) is 0 Å². The third-order valence-corrected chi connectivity index (χ3v) is 3.83. The summed E-state index contributed by atoms with van der Waals surface area (Å²) in [5, 5.41) is 0.961. The normalized spacial score (nSPS) is 10.7. The molecule has 0 saturated carbocycles. The number of Topliss-reactive ketones (excluding diaryl/α,β-unsaturated/α-hetero) is 1. The van der Waals surface area contributed by atoms with Gasteiger partial charge in [0.15, 0.2) is 6.61 Å². The molecule has 0 fully saturated rings. The van der Waals surface area contributed by atoms with Crippen LogP contribution in [0.3, 0.4) is 0 Å². The van der Waals surface area contributed by atoms with E-state index >= 15 is 0 Å². The van der Waals surface area contributed by atoms with Gasteiger partial charge in [-0.2, -0.15) is 0 Å². The average molecular weight is 326 g/mol. The van der Waals surface area contributed by atoms with E-state index in [2.05, 4.69) is 11.5 Å². The van der Waals surface area contributed by atoms with E-state index in [1.54, 1.807) is 18.2 Å². The van der Waals surface area contributed by atoms with Crippen LogP contribution in [-0.4, -0.2) is 17.0 Å². The molecule has 3 nitrogen and oxygen atoms in total. The predicted molar refractivity (Wildman–Crippen MR) is 85.9 cm³/mol. The van der Waals surface area contributed by atoms with Crippen LogP contribution < -0.4 is 4.74 Å². The van der Waals surface area contributed by atoms with E-state index in [9.17, 15) is 4.79 Å². The molecular weight excluding hydrogens is 309 g/mol. The molecule has 2 aromatic rings. The van der Waals surface area contributed by atoms with Crippen LogP contribution in [-0.2, 0) is 6.54 Å². The van der Waals surface area contributed by atoms with E-state index in [1.165, 1.54) is 0 Å². The Morgan fingerprint density at radius 3 is 2.29 bits per heavy atom. The third kappa shape index (κ3) is 3.60. The minimum absolute atomic E-state index is 0.0370. The van der Waals surface area contributed by atoms with Crippen molar-refractivity contribution in [3.05, 3.63) is 51.3 Å². The highest BCUT2D eigenvalue weighted by Gasteiger charge is 2.15. The molecule has 0 spiro atoms. The minimum atomic E-state index is -0.0566. The number of ketones is 1. The Balaban J connectivity index is 2.12. The summed E-state index contributed by atoms with van der Waals surface area (Å²) in [4.78, 5) is 12.3. The van der Waals surface area contributed by atoms with Crippen molar-refractivity contribution in [2.75, 3.05) is 6.61 Å². The molecule has 5 heteroatoms. The summed E-state index contributed by atoms with van der Waals surface area (Å²) in [6, 6.07) is 6.79.